The van der Waals surface area contributed by atoms with Gasteiger partial charge in [0.2, 0.25) is 5.75 Å². The molecule has 0 unspecified atom stereocenters. The van der Waals surface area contributed by atoms with Crippen molar-refractivity contribution in [3.63, 3.8) is 0 Å². The fourth-order valence-electron chi connectivity index (χ4n) is 5.33. The maximum Gasteiger partial charge on any atom is 0.500 e. The molecule has 2 rings (SSSR count). The SMILES string of the molecule is CCO[Si](CCCn1cc(COCc2cc(OCCOCCOCCOC)c(OCCOCCOCCOC)c(OCCOCCOCCOC)c2)nn1)(OCC)OCC. The van der Waals surface area contributed by atoms with E-state index in [1.807, 2.05) is 39.1 Å². The Morgan fingerprint density at radius 1 is 0.500 bits per heavy atom. The Morgan fingerprint density at radius 3 is 1.35 bits per heavy atom. The van der Waals surface area contributed by atoms with Crippen LogP contribution in [0.2, 0.25) is 6.04 Å². The van der Waals surface area contributed by atoms with Crippen molar-refractivity contribution in [1.29, 1.82) is 0 Å². The summed E-state index contributed by atoms with van der Waals surface area (Å²) in [4.78, 5) is 0. The molecule has 0 aliphatic rings. The zero-order chi connectivity index (χ0) is 43.2. The molecule has 0 saturated heterocycles. The minimum absolute atomic E-state index is 0.238. The maximum absolute atomic E-state index is 6.24. The molecule has 0 aliphatic heterocycles. The van der Waals surface area contributed by atoms with Crippen LogP contribution in [0.4, 0.5) is 0 Å². The van der Waals surface area contributed by atoms with Crippen LogP contribution < -0.4 is 14.2 Å². The van der Waals surface area contributed by atoms with Crippen LogP contribution in [0.1, 0.15) is 38.4 Å². The number of benzene rings is 1. The predicted octanol–water partition coefficient (Wildman–Crippen LogP) is 3.61. The fraction of sp³-hybridized carbons (Fsp3) is 0.800. The maximum atomic E-state index is 6.24. The molecule has 0 fully saturated rings. The number of ether oxygens (including phenoxy) is 13. The summed E-state index contributed by atoms with van der Waals surface area (Å²) in [5.74, 6) is 1.37. The Hall–Kier alpha value is -2.54. The molecule has 0 spiro atoms. The molecule has 0 amide bonds. The molecule has 0 aliphatic carbocycles. The second kappa shape index (κ2) is 37.1. The summed E-state index contributed by atoms with van der Waals surface area (Å²) in [5, 5.41) is 8.62. The Morgan fingerprint density at radius 2 is 0.917 bits per heavy atom. The van der Waals surface area contributed by atoms with Gasteiger partial charge in [-0.25, -0.2) is 0 Å². The smallest absolute Gasteiger partial charge is 0.487 e. The van der Waals surface area contributed by atoms with Crippen LogP contribution in [-0.2, 0) is 80.4 Å². The van der Waals surface area contributed by atoms with Gasteiger partial charge in [-0.15, -0.1) is 5.10 Å². The number of nitrogens with zero attached hydrogens (tertiary/aromatic N) is 3. The van der Waals surface area contributed by atoms with Crippen molar-refractivity contribution in [2.75, 3.05) is 160 Å². The summed E-state index contributed by atoms with van der Waals surface area (Å²) >= 11 is 0. The number of hydrogen-bond acceptors (Lipinski definition) is 18. The van der Waals surface area contributed by atoms with Crippen LogP contribution in [0, 0.1) is 0 Å². The van der Waals surface area contributed by atoms with E-state index < -0.39 is 8.80 Å². The van der Waals surface area contributed by atoms with Gasteiger partial charge in [0.25, 0.3) is 0 Å². The summed E-state index contributed by atoms with van der Waals surface area (Å²) in [6, 6.07) is 4.43. The van der Waals surface area contributed by atoms with Gasteiger partial charge in [0.05, 0.1) is 119 Å². The molecule has 0 atom stereocenters. The molecule has 0 saturated carbocycles. The lowest BCUT2D eigenvalue weighted by atomic mass is 10.2. The van der Waals surface area contributed by atoms with E-state index in [2.05, 4.69) is 10.3 Å². The number of rotatable bonds is 44. The molecular formula is C40H73N3O16Si. The first-order valence-corrected chi connectivity index (χ1v) is 22.8. The number of aromatic nitrogens is 3. The van der Waals surface area contributed by atoms with E-state index in [0.29, 0.717) is 154 Å². The lowest BCUT2D eigenvalue weighted by molar-refractivity contribution is 0.0145. The Kier molecular flexibility index (Phi) is 33.1. The first-order chi connectivity index (χ1) is 29.5. The molecule has 0 radical (unpaired) electrons. The van der Waals surface area contributed by atoms with Gasteiger partial charge < -0.3 is 74.9 Å². The van der Waals surface area contributed by atoms with Crippen molar-refractivity contribution in [2.45, 2.75) is 53.0 Å². The number of hydrogen-bond donors (Lipinski definition) is 0. The second-order valence-corrected chi connectivity index (χ2v) is 15.4. The summed E-state index contributed by atoms with van der Waals surface area (Å²) in [7, 11) is 2.16. The summed E-state index contributed by atoms with van der Waals surface area (Å²) < 4.78 is 93.3. The van der Waals surface area contributed by atoms with Crippen LogP contribution in [0.3, 0.4) is 0 Å². The quantitative estimate of drug-likeness (QED) is 0.0696. The minimum atomic E-state index is -2.74. The van der Waals surface area contributed by atoms with E-state index in [9.17, 15) is 0 Å². The fourth-order valence-corrected chi connectivity index (χ4v) is 7.93. The Balaban J connectivity index is 2.10. The second-order valence-electron chi connectivity index (χ2n) is 12.7. The van der Waals surface area contributed by atoms with Crippen LogP contribution in [-0.4, -0.2) is 184 Å². The third-order valence-electron chi connectivity index (χ3n) is 8.00. The molecule has 60 heavy (non-hydrogen) atoms. The number of methoxy groups -OCH3 is 3. The molecule has 0 N–H and O–H groups in total. The van der Waals surface area contributed by atoms with E-state index >= 15 is 0 Å². The van der Waals surface area contributed by atoms with Gasteiger partial charge in [-0.1, -0.05) is 5.21 Å². The third kappa shape index (κ3) is 25.4. The Labute approximate surface area is 358 Å². The van der Waals surface area contributed by atoms with Gasteiger partial charge in [0, 0.05) is 53.7 Å². The van der Waals surface area contributed by atoms with Crippen LogP contribution in [0.25, 0.3) is 0 Å². The summed E-state index contributed by atoms with van der Waals surface area (Å²) in [6.07, 6.45) is 2.65. The summed E-state index contributed by atoms with van der Waals surface area (Å²) in [5.41, 5.74) is 1.50. The average molecular weight is 880 g/mol. The minimum Gasteiger partial charge on any atom is -0.487 e. The highest BCUT2D eigenvalue weighted by atomic mass is 28.4. The van der Waals surface area contributed by atoms with Crippen LogP contribution >= 0.6 is 0 Å². The standard InChI is InChI=1S/C40H73N3O16Si/c1-7-57-60(58-8-2,59-9-3)30-10-11-43-33-37(41-42-43)35-53-34-36-31-38(54-27-24-50-21-18-47-15-12-44-4)40(56-29-26-52-23-20-49-17-14-46-6)39(32-36)55-28-25-51-22-19-48-16-13-45-5/h31-33H,7-30,34-35H2,1-6H3. The van der Waals surface area contributed by atoms with Gasteiger partial charge in [0.15, 0.2) is 11.5 Å². The zero-order valence-electron chi connectivity index (χ0n) is 37.0. The highest BCUT2D eigenvalue weighted by Gasteiger charge is 2.39. The molecular weight excluding hydrogens is 807 g/mol. The number of aryl methyl sites for hydroxylation is 1. The molecule has 348 valence electrons. The molecule has 20 heteroatoms. The largest absolute Gasteiger partial charge is 0.500 e. The highest BCUT2D eigenvalue weighted by molar-refractivity contribution is 6.60. The normalized spacial score (nSPS) is 11.8. The molecule has 0 bridgehead atoms. The lowest BCUT2D eigenvalue weighted by Gasteiger charge is -2.28. The third-order valence-corrected chi connectivity index (χ3v) is 11.2. The van der Waals surface area contributed by atoms with E-state index in [0.717, 1.165) is 12.0 Å². The van der Waals surface area contributed by atoms with Crippen molar-refractivity contribution in [3.8, 4) is 17.2 Å². The van der Waals surface area contributed by atoms with Gasteiger partial charge in [-0.2, -0.15) is 0 Å². The van der Waals surface area contributed by atoms with E-state index in [-0.39, 0.29) is 33.0 Å². The van der Waals surface area contributed by atoms with Crippen molar-refractivity contribution in [3.05, 3.63) is 29.6 Å². The monoisotopic (exact) mass is 879 g/mol. The molecule has 19 nitrogen and oxygen atoms in total. The van der Waals surface area contributed by atoms with Gasteiger partial charge >= 0.3 is 8.80 Å². The Bertz CT molecular complexity index is 1220. The van der Waals surface area contributed by atoms with Gasteiger partial charge in [-0.05, 0) is 44.9 Å². The topological polar surface area (TPSA) is 178 Å². The lowest BCUT2D eigenvalue weighted by Crippen LogP contribution is -2.46. The first kappa shape index (κ1) is 53.6. The van der Waals surface area contributed by atoms with E-state index in [4.69, 9.17) is 74.9 Å². The molecule has 1 heterocycles. The van der Waals surface area contributed by atoms with Crippen LogP contribution in [0.15, 0.2) is 18.3 Å². The van der Waals surface area contributed by atoms with Crippen molar-refractivity contribution in [1.82, 2.24) is 15.0 Å². The van der Waals surface area contributed by atoms with Crippen molar-refractivity contribution < 1.29 is 74.9 Å². The van der Waals surface area contributed by atoms with Gasteiger partial charge in [0.1, 0.15) is 25.5 Å². The molecule has 1 aromatic carbocycles. The van der Waals surface area contributed by atoms with Gasteiger partial charge in [-0.3, -0.25) is 4.68 Å². The zero-order valence-corrected chi connectivity index (χ0v) is 38.0. The predicted molar refractivity (Wildman–Crippen MR) is 222 cm³/mol. The van der Waals surface area contributed by atoms with Crippen molar-refractivity contribution >= 4 is 8.80 Å². The summed E-state index contributed by atoms with van der Waals surface area (Å²) in [6.45, 7) is 16.1. The van der Waals surface area contributed by atoms with Crippen LogP contribution in [0.5, 0.6) is 17.2 Å². The first-order valence-electron chi connectivity index (χ1n) is 20.9. The average Bonchev–Trinajstić information content (AvgIpc) is 3.70. The van der Waals surface area contributed by atoms with Crippen molar-refractivity contribution in [2.24, 2.45) is 0 Å². The van der Waals surface area contributed by atoms with E-state index in [1.165, 1.54) is 0 Å². The molecule has 2 aromatic rings. The van der Waals surface area contributed by atoms with E-state index in [1.54, 1.807) is 26.0 Å². The molecule has 1 aromatic heterocycles. The highest BCUT2D eigenvalue weighted by Crippen LogP contribution is 2.39.